The highest BCUT2D eigenvalue weighted by atomic mass is 35.5. The van der Waals surface area contributed by atoms with Gasteiger partial charge >= 0.3 is 12.2 Å². The molecule has 0 unspecified atom stereocenters. The number of thiazole rings is 1. The minimum Gasteiger partial charge on any atom is -0.506 e. The number of aromatic hydroxyl groups is 1. The van der Waals surface area contributed by atoms with Crippen LogP contribution in [0, 0.1) is 5.82 Å². The van der Waals surface area contributed by atoms with E-state index in [1.807, 2.05) is 13.8 Å². The quantitative estimate of drug-likeness (QED) is 0.215. The number of nitrogens with zero attached hydrogens (tertiary/aromatic N) is 3. The number of phenolic OH excluding ortho intramolecular Hbond substituents is 1. The maximum atomic E-state index is 15.3. The van der Waals surface area contributed by atoms with Gasteiger partial charge in [0.1, 0.15) is 17.4 Å². The second-order valence-electron chi connectivity index (χ2n) is 9.46. The van der Waals surface area contributed by atoms with Crippen LogP contribution in [-0.4, -0.2) is 27.7 Å². The molecule has 4 aromatic rings. The Balaban J connectivity index is 1.57. The highest BCUT2D eigenvalue weighted by Gasteiger charge is 2.42. The lowest BCUT2D eigenvalue weighted by Crippen LogP contribution is -2.27. The van der Waals surface area contributed by atoms with Gasteiger partial charge in [-0.1, -0.05) is 37.6 Å². The molecule has 1 aliphatic rings. The number of fused-ring (bicyclic) bond motifs is 1. The number of phenols is 1. The Bertz CT molecular complexity index is 1570. The van der Waals surface area contributed by atoms with Crippen molar-refractivity contribution in [3.63, 3.8) is 0 Å². The van der Waals surface area contributed by atoms with Crippen molar-refractivity contribution in [2.75, 3.05) is 22.1 Å². The number of nitrogens with one attached hydrogen (secondary N) is 2. The zero-order valence-corrected chi connectivity index (χ0v) is 22.0. The number of amides is 2. The SMILES string of the molecule is CC1(C)CN(c2ccccc2NC(=O)Nc2csc(Cl)n2)c2c(O)cc(F)c(-c3ccc(C(F)(F)F)cn3)c21. The van der Waals surface area contributed by atoms with Crippen molar-refractivity contribution in [2.45, 2.75) is 25.4 Å². The van der Waals surface area contributed by atoms with Crippen molar-refractivity contribution in [3.05, 3.63) is 75.5 Å². The number of urea groups is 1. The second-order valence-corrected chi connectivity index (χ2v) is 10.9. The summed E-state index contributed by atoms with van der Waals surface area (Å²) in [5.74, 6) is -0.907. The summed E-state index contributed by atoms with van der Waals surface area (Å²) in [4.78, 5) is 22.3. The van der Waals surface area contributed by atoms with E-state index >= 15 is 4.39 Å². The molecule has 1 aliphatic heterocycles. The highest BCUT2D eigenvalue weighted by molar-refractivity contribution is 7.14. The number of aromatic nitrogens is 2. The zero-order chi connectivity index (χ0) is 28.1. The lowest BCUT2D eigenvalue weighted by molar-refractivity contribution is -0.137. The largest absolute Gasteiger partial charge is 0.506 e. The monoisotopic (exact) mass is 577 g/mol. The van der Waals surface area contributed by atoms with Gasteiger partial charge in [-0.3, -0.25) is 10.3 Å². The number of para-hydroxylation sites is 2. The number of carbonyl (C=O) groups excluding carboxylic acids is 1. The molecule has 202 valence electrons. The zero-order valence-electron chi connectivity index (χ0n) is 20.4. The van der Waals surface area contributed by atoms with Crippen molar-refractivity contribution in [3.8, 4) is 17.0 Å². The third kappa shape index (κ3) is 5.09. The maximum Gasteiger partial charge on any atom is 0.417 e. The summed E-state index contributed by atoms with van der Waals surface area (Å²) in [6.45, 7) is 3.91. The van der Waals surface area contributed by atoms with Crippen molar-refractivity contribution >= 4 is 51.8 Å². The average Bonchev–Trinajstić information content (AvgIpc) is 3.38. The summed E-state index contributed by atoms with van der Waals surface area (Å²) in [6, 6.07) is 9.12. The summed E-state index contributed by atoms with van der Waals surface area (Å²) in [5, 5.41) is 17.8. The molecule has 3 N–H and O–H groups in total. The van der Waals surface area contributed by atoms with Gasteiger partial charge in [0.25, 0.3) is 0 Å². The van der Waals surface area contributed by atoms with E-state index in [9.17, 15) is 23.1 Å². The van der Waals surface area contributed by atoms with Crippen LogP contribution in [0.4, 0.5) is 45.2 Å². The van der Waals surface area contributed by atoms with Gasteiger partial charge in [-0.2, -0.15) is 13.2 Å². The molecule has 2 aromatic heterocycles. The fourth-order valence-corrected chi connectivity index (χ4v) is 5.37. The predicted octanol–water partition coefficient (Wildman–Crippen LogP) is 7.80. The van der Waals surface area contributed by atoms with Gasteiger partial charge < -0.3 is 15.3 Å². The lowest BCUT2D eigenvalue weighted by Gasteiger charge is -2.25. The number of hydrogen-bond donors (Lipinski definition) is 3. The van der Waals surface area contributed by atoms with Gasteiger partial charge in [0.15, 0.2) is 4.47 Å². The Kier molecular flexibility index (Phi) is 6.63. The predicted molar refractivity (Wildman–Crippen MR) is 143 cm³/mol. The molecule has 13 heteroatoms. The Labute approximate surface area is 229 Å². The standard InChI is InChI=1S/C26H20ClF4N5O2S/c1-25(2)12-36(17-6-4-3-5-15(17)33-24(38)35-19-11-39-23(27)34-19)22-18(37)9-14(28)20(21(22)25)16-8-7-13(10-32-16)26(29,30)31/h3-11,37H,12H2,1-2H3,(H2,33,35,38). The number of rotatable bonds is 4. The molecular formula is C26H20ClF4N5O2S. The molecule has 7 nitrogen and oxygen atoms in total. The minimum atomic E-state index is -4.59. The van der Waals surface area contributed by atoms with Crippen LogP contribution in [0.15, 0.2) is 54.0 Å². The molecule has 3 heterocycles. The smallest absolute Gasteiger partial charge is 0.417 e. The van der Waals surface area contributed by atoms with Gasteiger partial charge in [0.2, 0.25) is 0 Å². The number of halogens is 5. The van der Waals surface area contributed by atoms with Crippen LogP contribution < -0.4 is 15.5 Å². The van der Waals surface area contributed by atoms with Crippen LogP contribution in [0.1, 0.15) is 25.0 Å². The first-order valence-electron chi connectivity index (χ1n) is 11.5. The van der Waals surface area contributed by atoms with E-state index in [4.69, 9.17) is 11.6 Å². The summed E-state index contributed by atoms with van der Waals surface area (Å²) in [6.07, 6.45) is -3.94. The molecule has 0 saturated carbocycles. The molecule has 0 fully saturated rings. The third-order valence-electron chi connectivity index (χ3n) is 6.24. The van der Waals surface area contributed by atoms with Crippen LogP contribution >= 0.6 is 22.9 Å². The van der Waals surface area contributed by atoms with Gasteiger partial charge in [0, 0.05) is 35.2 Å². The van der Waals surface area contributed by atoms with E-state index in [0.717, 1.165) is 29.5 Å². The van der Waals surface area contributed by atoms with Crippen LogP contribution in [0.3, 0.4) is 0 Å². The molecule has 0 spiro atoms. The summed E-state index contributed by atoms with van der Waals surface area (Å²) < 4.78 is 54.9. The molecule has 0 radical (unpaired) electrons. The summed E-state index contributed by atoms with van der Waals surface area (Å²) >= 11 is 6.98. The number of alkyl halides is 3. The number of anilines is 4. The molecule has 0 atom stereocenters. The van der Waals surface area contributed by atoms with Crippen molar-refractivity contribution < 1.29 is 27.5 Å². The first kappa shape index (κ1) is 26.7. The first-order chi connectivity index (χ1) is 18.3. The number of carbonyl (C=O) groups is 1. The molecule has 39 heavy (non-hydrogen) atoms. The van der Waals surface area contributed by atoms with E-state index in [1.165, 1.54) is 0 Å². The minimum absolute atomic E-state index is 0.000568. The lowest BCUT2D eigenvalue weighted by atomic mass is 9.82. The topological polar surface area (TPSA) is 90.4 Å². The Morgan fingerprint density at radius 3 is 2.56 bits per heavy atom. The van der Waals surface area contributed by atoms with Gasteiger partial charge in [-0.05, 0) is 29.8 Å². The van der Waals surface area contributed by atoms with Crippen molar-refractivity contribution in [2.24, 2.45) is 0 Å². The van der Waals surface area contributed by atoms with Crippen LogP contribution in [0.5, 0.6) is 5.75 Å². The number of benzene rings is 2. The highest BCUT2D eigenvalue weighted by Crippen LogP contribution is 2.54. The normalized spacial score (nSPS) is 14.3. The van der Waals surface area contributed by atoms with Gasteiger partial charge in [-0.25, -0.2) is 14.2 Å². The van der Waals surface area contributed by atoms with Gasteiger partial charge in [0.05, 0.1) is 28.3 Å². The van der Waals surface area contributed by atoms with E-state index in [1.54, 1.807) is 34.5 Å². The number of pyridine rings is 1. The van der Waals surface area contributed by atoms with Crippen LogP contribution in [0.2, 0.25) is 4.47 Å². The first-order valence-corrected chi connectivity index (χ1v) is 12.8. The Hall–Kier alpha value is -3.90. The van der Waals surface area contributed by atoms with E-state index in [2.05, 4.69) is 20.6 Å². The molecule has 0 bridgehead atoms. The van der Waals surface area contributed by atoms with Crippen LogP contribution in [-0.2, 0) is 11.6 Å². The Morgan fingerprint density at radius 2 is 1.92 bits per heavy atom. The average molecular weight is 578 g/mol. The fraction of sp³-hybridized carbons (Fsp3) is 0.192. The summed E-state index contributed by atoms with van der Waals surface area (Å²) in [5.41, 5.74) is -0.209. The van der Waals surface area contributed by atoms with E-state index in [-0.39, 0.29) is 39.5 Å². The molecule has 0 aliphatic carbocycles. The molecule has 5 rings (SSSR count). The van der Waals surface area contributed by atoms with E-state index < -0.39 is 29.0 Å². The fourth-order valence-electron chi connectivity index (χ4n) is 4.67. The summed E-state index contributed by atoms with van der Waals surface area (Å²) in [7, 11) is 0. The Morgan fingerprint density at radius 1 is 1.18 bits per heavy atom. The molecule has 2 amide bonds. The molecule has 0 saturated heterocycles. The second kappa shape index (κ2) is 9.69. The van der Waals surface area contributed by atoms with Gasteiger partial charge in [-0.15, -0.1) is 11.3 Å². The van der Waals surface area contributed by atoms with Crippen molar-refractivity contribution in [1.29, 1.82) is 0 Å². The maximum absolute atomic E-state index is 15.3. The third-order valence-corrected chi connectivity index (χ3v) is 7.22. The number of hydrogen-bond acceptors (Lipinski definition) is 6. The van der Waals surface area contributed by atoms with E-state index in [0.29, 0.717) is 23.1 Å². The van der Waals surface area contributed by atoms with Crippen LogP contribution in [0.25, 0.3) is 11.3 Å². The van der Waals surface area contributed by atoms with Crippen molar-refractivity contribution in [1.82, 2.24) is 9.97 Å². The molecule has 2 aromatic carbocycles. The molecular weight excluding hydrogens is 558 g/mol.